The Hall–Kier alpha value is -1.05. The maximum absolute atomic E-state index is 11.6. The fourth-order valence-corrected chi connectivity index (χ4v) is 2.78. The van der Waals surface area contributed by atoms with Crippen LogP contribution in [0.3, 0.4) is 0 Å². The molecule has 0 unspecified atom stereocenters. The Bertz CT molecular complexity index is 321. The fraction of sp³-hybridized carbons (Fsp3) is 0.583. The highest BCUT2D eigenvalue weighted by atomic mass is 16.5. The van der Waals surface area contributed by atoms with E-state index in [1.165, 1.54) is 18.3 Å². The zero-order valence-electron chi connectivity index (χ0n) is 8.91. The van der Waals surface area contributed by atoms with Crippen molar-refractivity contribution in [2.24, 2.45) is 17.8 Å². The normalized spacial score (nSPS) is 33.6. The van der Waals surface area contributed by atoms with Crippen LogP contribution in [0.25, 0.3) is 0 Å². The molecule has 0 saturated heterocycles. The minimum Gasteiger partial charge on any atom is -0.469 e. The van der Waals surface area contributed by atoms with Crippen molar-refractivity contribution in [2.45, 2.75) is 20.3 Å². The average molecular weight is 192 g/mol. The molecule has 0 aromatic rings. The van der Waals surface area contributed by atoms with E-state index in [1.807, 2.05) is 0 Å². The lowest BCUT2D eigenvalue weighted by atomic mass is 9.86. The van der Waals surface area contributed by atoms with Gasteiger partial charge in [-0.1, -0.05) is 17.7 Å². The standard InChI is InChI=1S/C12H16O2/c1-7(2)10-8-4-5-9(6-8)11(10)12(13)14-3/h4-5,8-9,11H,6H2,1-3H3/t8-,9+,11+/m0/s1. The zero-order chi connectivity index (χ0) is 10.3. The van der Waals surface area contributed by atoms with Crippen molar-refractivity contribution in [3.8, 4) is 0 Å². The molecule has 2 bridgehead atoms. The summed E-state index contributed by atoms with van der Waals surface area (Å²) in [5.74, 6) is 0.810. The van der Waals surface area contributed by atoms with Crippen LogP contribution in [0, 0.1) is 17.8 Å². The monoisotopic (exact) mass is 192 g/mol. The predicted octanol–water partition coefficient (Wildman–Crippen LogP) is 2.32. The Morgan fingerprint density at radius 3 is 2.71 bits per heavy atom. The highest BCUT2D eigenvalue weighted by molar-refractivity contribution is 5.78. The van der Waals surface area contributed by atoms with E-state index in [-0.39, 0.29) is 11.9 Å². The Balaban J connectivity index is 2.37. The van der Waals surface area contributed by atoms with E-state index < -0.39 is 0 Å². The molecule has 0 aliphatic heterocycles. The molecule has 0 heterocycles. The molecule has 2 aliphatic rings. The smallest absolute Gasteiger partial charge is 0.313 e. The summed E-state index contributed by atoms with van der Waals surface area (Å²) in [7, 11) is 1.47. The Morgan fingerprint density at radius 2 is 2.14 bits per heavy atom. The van der Waals surface area contributed by atoms with E-state index in [0.717, 1.165) is 6.42 Å². The third-order valence-corrected chi connectivity index (χ3v) is 3.31. The van der Waals surface area contributed by atoms with Gasteiger partial charge in [-0.3, -0.25) is 4.79 Å². The van der Waals surface area contributed by atoms with Crippen LogP contribution in [0.2, 0.25) is 0 Å². The number of allylic oxidation sites excluding steroid dienone is 3. The molecular formula is C12H16O2. The predicted molar refractivity (Wildman–Crippen MR) is 54.6 cm³/mol. The molecule has 2 aliphatic carbocycles. The lowest BCUT2D eigenvalue weighted by molar-refractivity contribution is -0.144. The summed E-state index contributed by atoms with van der Waals surface area (Å²) >= 11 is 0. The molecule has 2 rings (SSSR count). The molecular weight excluding hydrogens is 176 g/mol. The van der Waals surface area contributed by atoms with Gasteiger partial charge >= 0.3 is 5.97 Å². The van der Waals surface area contributed by atoms with Crippen LogP contribution in [0.1, 0.15) is 20.3 Å². The van der Waals surface area contributed by atoms with Gasteiger partial charge in [0.1, 0.15) is 0 Å². The maximum atomic E-state index is 11.6. The number of carbonyl (C=O) groups is 1. The van der Waals surface area contributed by atoms with Crippen molar-refractivity contribution in [1.82, 2.24) is 0 Å². The largest absolute Gasteiger partial charge is 0.469 e. The first-order valence-electron chi connectivity index (χ1n) is 5.08. The van der Waals surface area contributed by atoms with Gasteiger partial charge in [-0.05, 0) is 37.7 Å². The number of esters is 1. The van der Waals surface area contributed by atoms with Gasteiger partial charge in [0, 0.05) is 0 Å². The minimum atomic E-state index is -0.0713. The summed E-state index contributed by atoms with van der Waals surface area (Å²) in [6.07, 6.45) is 5.49. The van der Waals surface area contributed by atoms with Gasteiger partial charge in [-0.2, -0.15) is 0 Å². The van der Waals surface area contributed by atoms with Gasteiger partial charge in [0.05, 0.1) is 13.0 Å². The molecule has 0 aromatic carbocycles. The number of fused-ring (bicyclic) bond motifs is 2. The van der Waals surface area contributed by atoms with Gasteiger partial charge in [0.15, 0.2) is 0 Å². The Kier molecular flexibility index (Phi) is 2.22. The SMILES string of the molecule is COC(=O)[C@H]1C(=C(C)C)[C@H]2C=C[C@@H]1C2. The molecule has 3 atom stereocenters. The molecule has 1 fully saturated rings. The first-order valence-corrected chi connectivity index (χ1v) is 5.08. The van der Waals surface area contributed by atoms with Crippen LogP contribution in [-0.4, -0.2) is 13.1 Å². The number of methoxy groups -OCH3 is 1. The number of ether oxygens (including phenoxy) is 1. The number of hydrogen-bond acceptors (Lipinski definition) is 2. The summed E-state index contributed by atoms with van der Waals surface area (Å²) in [6, 6.07) is 0. The van der Waals surface area contributed by atoms with Gasteiger partial charge < -0.3 is 4.74 Å². The summed E-state index contributed by atoms with van der Waals surface area (Å²) in [6.45, 7) is 4.17. The van der Waals surface area contributed by atoms with Crippen molar-refractivity contribution in [3.05, 3.63) is 23.3 Å². The van der Waals surface area contributed by atoms with Crippen LogP contribution in [0.15, 0.2) is 23.3 Å². The van der Waals surface area contributed by atoms with E-state index in [1.54, 1.807) is 0 Å². The van der Waals surface area contributed by atoms with Crippen LogP contribution in [0.5, 0.6) is 0 Å². The van der Waals surface area contributed by atoms with Crippen LogP contribution < -0.4 is 0 Å². The fourth-order valence-electron chi connectivity index (χ4n) is 2.78. The second-order valence-corrected chi connectivity index (χ2v) is 4.35. The molecule has 76 valence electrons. The third-order valence-electron chi connectivity index (χ3n) is 3.31. The highest BCUT2D eigenvalue weighted by Crippen LogP contribution is 2.49. The van der Waals surface area contributed by atoms with Gasteiger partial charge in [-0.15, -0.1) is 0 Å². The second kappa shape index (κ2) is 3.26. The molecule has 0 aromatic heterocycles. The van der Waals surface area contributed by atoms with E-state index in [4.69, 9.17) is 4.74 Å². The lowest BCUT2D eigenvalue weighted by Crippen LogP contribution is -2.23. The molecule has 0 N–H and O–H groups in total. The molecule has 0 spiro atoms. The first kappa shape index (κ1) is 9.50. The average Bonchev–Trinajstić information content (AvgIpc) is 2.74. The topological polar surface area (TPSA) is 26.3 Å². The van der Waals surface area contributed by atoms with Crippen molar-refractivity contribution < 1.29 is 9.53 Å². The molecule has 0 radical (unpaired) electrons. The van der Waals surface area contributed by atoms with Crippen molar-refractivity contribution in [2.75, 3.05) is 7.11 Å². The van der Waals surface area contributed by atoms with Crippen LogP contribution in [0.4, 0.5) is 0 Å². The van der Waals surface area contributed by atoms with Gasteiger partial charge in [0.25, 0.3) is 0 Å². The van der Waals surface area contributed by atoms with E-state index in [0.29, 0.717) is 11.8 Å². The molecule has 14 heavy (non-hydrogen) atoms. The molecule has 2 nitrogen and oxygen atoms in total. The third kappa shape index (κ3) is 1.21. The second-order valence-electron chi connectivity index (χ2n) is 4.35. The molecule has 0 amide bonds. The lowest BCUT2D eigenvalue weighted by Gasteiger charge is -2.20. The van der Waals surface area contributed by atoms with Crippen molar-refractivity contribution >= 4 is 5.97 Å². The van der Waals surface area contributed by atoms with Gasteiger partial charge in [-0.25, -0.2) is 0 Å². The summed E-state index contributed by atoms with van der Waals surface area (Å²) < 4.78 is 4.86. The van der Waals surface area contributed by atoms with Gasteiger partial charge in [0.2, 0.25) is 0 Å². The zero-order valence-corrected chi connectivity index (χ0v) is 8.91. The number of hydrogen-bond donors (Lipinski definition) is 0. The minimum absolute atomic E-state index is 0.000000000000000444. The van der Waals surface area contributed by atoms with Crippen molar-refractivity contribution in [3.63, 3.8) is 0 Å². The van der Waals surface area contributed by atoms with E-state index >= 15 is 0 Å². The maximum Gasteiger partial charge on any atom is 0.313 e. The van der Waals surface area contributed by atoms with Crippen LogP contribution in [-0.2, 0) is 9.53 Å². The van der Waals surface area contributed by atoms with E-state index in [2.05, 4.69) is 26.0 Å². The van der Waals surface area contributed by atoms with Crippen molar-refractivity contribution in [1.29, 1.82) is 0 Å². The summed E-state index contributed by atoms with van der Waals surface area (Å²) in [5, 5.41) is 0. The Labute approximate surface area is 84.6 Å². The number of rotatable bonds is 1. The molecule has 1 saturated carbocycles. The first-order chi connectivity index (χ1) is 6.65. The van der Waals surface area contributed by atoms with Crippen LogP contribution >= 0.6 is 0 Å². The quantitative estimate of drug-likeness (QED) is 0.471. The summed E-state index contributed by atoms with van der Waals surface area (Å²) in [5.41, 5.74) is 2.57. The van der Waals surface area contributed by atoms with E-state index in [9.17, 15) is 4.79 Å². The number of carbonyl (C=O) groups excluding carboxylic acids is 1. The highest BCUT2D eigenvalue weighted by Gasteiger charge is 2.45. The summed E-state index contributed by atoms with van der Waals surface area (Å²) in [4.78, 5) is 11.6. The molecule has 2 heteroatoms. The Morgan fingerprint density at radius 1 is 1.43 bits per heavy atom.